The number of rotatable bonds is 3. The normalized spacial score (nSPS) is 10.7. The summed E-state index contributed by atoms with van der Waals surface area (Å²) in [6.07, 6.45) is -5.57. The van der Waals surface area contributed by atoms with Crippen LogP contribution in [0.1, 0.15) is 11.3 Å². The van der Waals surface area contributed by atoms with Crippen molar-refractivity contribution in [1.29, 1.82) is 5.26 Å². The number of aromatic nitrogens is 1. The van der Waals surface area contributed by atoms with Crippen LogP contribution in [-0.4, -0.2) is 22.4 Å². The van der Waals surface area contributed by atoms with Gasteiger partial charge in [-0.15, -0.1) is 13.2 Å². The molecule has 17 heavy (non-hydrogen) atoms. The first-order valence-corrected chi connectivity index (χ1v) is 4.19. The van der Waals surface area contributed by atoms with Crippen molar-refractivity contribution < 1.29 is 27.8 Å². The van der Waals surface area contributed by atoms with Crippen molar-refractivity contribution in [1.82, 2.24) is 4.98 Å². The van der Waals surface area contributed by atoms with Gasteiger partial charge in [0.25, 0.3) is 0 Å². The van der Waals surface area contributed by atoms with E-state index in [0.717, 1.165) is 12.1 Å². The maximum absolute atomic E-state index is 11.9. The van der Waals surface area contributed by atoms with Crippen LogP contribution in [0.25, 0.3) is 0 Å². The topological polar surface area (TPSA) is 83.2 Å². The maximum Gasteiger partial charge on any atom is 0.574 e. The molecule has 1 heterocycles. The Labute approximate surface area is 93.1 Å². The average molecular weight is 246 g/mol. The highest BCUT2D eigenvalue weighted by Gasteiger charge is 2.32. The molecule has 0 aliphatic heterocycles. The highest BCUT2D eigenvalue weighted by atomic mass is 19.4. The van der Waals surface area contributed by atoms with Gasteiger partial charge < -0.3 is 9.84 Å². The average Bonchev–Trinajstić information content (AvgIpc) is 2.14. The van der Waals surface area contributed by atoms with E-state index < -0.39 is 24.6 Å². The minimum absolute atomic E-state index is 0.109. The van der Waals surface area contributed by atoms with E-state index >= 15 is 0 Å². The molecule has 8 heteroatoms. The minimum Gasteiger partial charge on any atom is -0.481 e. The van der Waals surface area contributed by atoms with E-state index in [4.69, 9.17) is 10.4 Å². The monoisotopic (exact) mass is 246 g/mol. The number of ether oxygens (including phenoxy) is 1. The van der Waals surface area contributed by atoms with Gasteiger partial charge in [0.05, 0.1) is 17.7 Å². The SMILES string of the molecule is N#Cc1ccc(OC(F)(F)F)nc1CC(=O)O. The number of pyridine rings is 1. The molecule has 1 aromatic rings. The first kappa shape index (κ1) is 12.8. The van der Waals surface area contributed by atoms with Crippen LogP contribution in [0, 0.1) is 11.3 Å². The Kier molecular flexibility index (Phi) is 3.52. The molecule has 0 fully saturated rings. The number of nitrogens with zero attached hydrogens (tertiary/aromatic N) is 2. The fourth-order valence-corrected chi connectivity index (χ4v) is 1.04. The van der Waals surface area contributed by atoms with Crippen molar-refractivity contribution in [3.05, 3.63) is 23.4 Å². The van der Waals surface area contributed by atoms with E-state index in [1.54, 1.807) is 6.07 Å². The third-order valence-corrected chi connectivity index (χ3v) is 1.61. The van der Waals surface area contributed by atoms with E-state index in [-0.39, 0.29) is 11.3 Å². The zero-order valence-electron chi connectivity index (χ0n) is 8.15. The number of nitriles is 1. The van der Waals surface area contributed by atoms with Crippen LogP contribution in [0.15, 0.2) is 12.1 Å². The molecule has 0 amide bonds. The van der Waals surface area contributed by atoms with Crippen molar-refractivity contribution in [2.45, 2.75) is 12.8 Å². The third-order valence-electron chi connectivity index (χ3n) is 1.61. The van der Waals surface area contributed by atoms with Gasteiger partial charge in [0.2, 0.25) is 5.88 Å². The summed E-state index contributed by atoms with van der Waals surface area (Å²) in [4.78, 5) is 13.7. The zero-order chi connectivity index (χ0) is 13.1. The summed E-state index contributed by atoms with van der Waals surface area (Å²) in [6, 6.07) is 3.49. The van der Waals surface area contributed by atoms with Gasteiger partial charge >= 0.3 is 12.3 Å². The molecule has 0 radical (unpaired) electrons. The van der Waals surface area contributed by atoms with Crippen LogP contribution in [0.3, 0.4) is 0 Å². The molecule has 0 saturated heterocycles. The molecular weight excluding hydrogens is 241 g/mol. The van der Waals surface area contributed by atoms with Crippen molar-refractivity contribution in [3.63, 3.8) is 0 Å². The summed E-state index contributed by atoms with van der Waals surface area (Å²) in [5.74, 6) is -2.11. The van der Waals surface area contributed by atoms with Gasteiger partial charge in [0, 0.05) is 6.07 Å². The standard InChI is InChI=1S/C9H5F3N2O3/c10-9(11,12)17-7-2-1-5(4-13)6(14-7)3-8(15)16/h1-2H,3H2,(H,15,16). The molecule has 0 bridgehead atoms. The van der Waals surface area contributed by atoms with E-state index in [2.05, 4.69) is 9.72 Å². The quantitative estimate of drug-likeness (QED) is 0.873. The highest BCUT2D eigenvalue weighted by Crippen LogP contribution is 2.22. The van der Waals surface area contributed by atoms with E-state index in [9.17, 15) is 18.0 Å². The predicted molar refractivity (Wildman–Crippen MR) is 47.0 cm³/mol. The second kappa shape index (κ2) is 4.69. The Hall–Kier alpha value is -2.30. The molecule has 1 rings (SSSR count). The fourth-order valence-electron chi connectivity index (χ4n) is 1.04. The summed E-state index contributed by atoms with van der Waals surface area (Å²) in [5.41, 5.74) is -0.385. The summed E-state index contributed by atoms with van der Waals surface area (Å²) < 4.78 is 39.1. The second-order valence-electron chi connectivity index (χ2n) is 2.87. The van der Waals surface area contributed by atoms with Crippen molar-refractivity contribution in [2.75, 3.05) is 0 Å². The molecule has 0 aromatic carbocycles. The van der Waals surface area contributed by atoms with E-state index in [0.29, 0.717) is 0 Å². The maximum atomic E-state index is 11.9. The highest BCUT2D eigenvalue weighted by molar-refractivity contribution is 5.70. The largest absolute Gasteiger partial charge is 0.574 e. The lowest BCUT2D eigenvalue weighted by molar-refractivity contribution is -0.276. The van der Waals surface area contributed by atoms with Gasteiger partial charge in [0.1, 0.15) is 6.07 Å². The third kappa shape index (κ3) is 3.98. The molecule has 0 spiro atoms. The van der Waals surface area contributed by atoms with Gasteiger partial charge in [-0.1, -0.05) is 0 Å². The second-order valence-corrected chi connectivity index (χ2v) is 2.87. The first-order valence-electron chi connectivity index (χ1n) is 4.19. The minimum atomic E-state index is -4.92. The Balaban J connectivity index is 3.05. The predicted octanol–water partition coefficient (Wildman–Crippen LogP) is 1.48. The number of hydrogen-bond donors (Lipinski definition) is 1. The Bertz CT molecular complexity index is 479. The molecule has 5 nitrogen and oxygen atoms in total. The summed E-state index contributed by atoms with van der Waals surface area (Å²) in [7, 11) is 0. The van der Waals surface area contributed by atoms with Crippen LogP contribution < -0.4 is 4.74 Å². The molecule has 0 atom stereocenters. The lowest BCUT2D eigenvalue weighted by Gasteiger charge is -2.09. The number of carboxylic acid groups (broad SMARTS) is 1. The Morgan fingerprint density at radius 2 is 2.18 bits per heavy atom. The van der Waals surface area contributed by atoms with Gasteiger partial charge in [0.15, 0.2) is 0 Å². The molecule has 1 N–H and O–H groups in total. The Morgan fingerprint density at radius 3 is 2.65 bits per heavy atom. The van der Waals surface area contributed by atoms with Crippen LogP contribution >= 0.6 is 0 Å². The van der Waals surface area contributed by atoms with Crippen LogP contribution in [-0.2, 0) is 11.2 Å². The van der Waals surface area contributed by atoms with Gasteiger partial charge in [-0.25, -0.2) is 4.98 Å². The zero-order valence-corrected chi connectivity index (χ0v) is 8.15. The summed E-state index contributed by atoms with van der Waals surface area (Å²) in [5, 5.41) is 17.1. The molecule has 0 aliphatic carbocycles. The first-order chi connectivity index (χ1) is 7.81. The number of halogens is 3. The number of carbonyl (C=O) groups is 1. The lowest BCUT2D eigenvalue weighted by atomic mass is 10.1. The van der Waals surface area contributed by atoms with Gasteiger partial charge in [-0.05, 0) is 6.07 Å². The Morgan fingerprint density at radius 1 is 1.53 bits per heavy atom. The van der Waals surface area contributed by atoms with Crippen molar-refractivity contribution in [3.8, 4) is 11.9 Å². The molecule has 90 valence electrons. The van der Waals surface area contributed by atoms with Gasteiger partial charge in [-0.2, -0.15) is 5.26 Å². The van der Waals surface area contributed by atoms with Crippen LogP contribution in [0.4, 0.5) is 13.2 Å². The number of carboxylic acids is 1. The van der Waals surface area contributed by atoms with Crippen molar-refractivity contribution >= 4 is 5.97 Å². The van der Waals surface area contributed by atoms with E-state index in [1.165, 1.54) is 0 Å². The van der Waals surface area contributed by atoms with Crippen molar-refractivity contribution in [2.24, 2.45) is 0 Å². The molecule has 0 aliphatic rings. The smallest absolute Gasteiger partial charge is 0.481 e. The lowest BCUT2D eigenvalue weighted by Crippen LogP contribution is -2.18. The molecule has 0 saturated carbocycles. The fraction of sp³-hybridized carbons (Fsp3) is 0.222. The number of alkyl halides is 3. The van der Waals surface area contributed by atoms with E-state index in [1.807, 2.05) is 0 Å². The summed E-state index contributed by atoms with van der Waals surface area (Å²) in [6.45, 7) is 0. The number of hydrogen-bond acceptors (Lipinski definition) is 4. The molecule has 0 unspecified atom stereocenters. The molecule has 1 aromatic heterocycles. The molecular formula is C9H5F3N2O3. The van der Waals surface area contributed by atoms with Gasteiger partial charge in [-0.3, -0.25) is 4.79 Å². The van der Waals surface area contributed by atoms with Crippen LogP contribution in [0.2, 0.25) is 0 Å². The number of aliphatic carboxylic acids is 1. The summed E-state index contributed by atoms with van der Waals surface area (Å²) >= 11 is 0. The van der Waals surface area contributed by atoms with Crippen LogP contribution in [0.5, 0.6) is 5.88 Å².